The minimum atomic E-state index is -4.54. The van der Waals surface area contributed by atoms with E-state index in [0.717, 1.165) is 70.6 Å². The lowest BCUT2D eigenvalue weighted by Crippen LogP contribution is -2.46. The number of quaternary nitrogens is 1. The Bertz CT molecular complexity index is 1200. The summed E-state index contributed by atoms with van der Waals surface area (Å²) in [5, 5.41) is 13.7. The predicted octanol–water partition coefficient (Wildman–Crippen LogP) is 15.7. The first-order chi connectivity index (χ1) is 31.5. The topological polar surface area (TPSA) is 108 Å². The Morgan fingerprint density at radius 1 is 0.554 bits per heavy atom. The number of rotatable bonds is 50. The van der Waals surface area contributed by atoms with Gasteiger partial charge in [0.2, 0.25) is 5.91 Å². The zero-order chi connectivity index (χ0) is 47.8. The van der Waals surface area contributed by atoms with Crippen LogP contribution in [0, 0.1) is 0 Å². The molecular formula is C56H107N2O6P. The second-order valence-electron chi connectivity index (χ2n) is 19.9. The lowest BCUT2D eigenvalue weighted by molar-refractivity contribution is -0.870. The van der Waals surface area contributed by atoms with Crippen LogP contribution < -0.4 is 10.2 Å². The number of hydrogen-bond donors (Lipinski definition) is 2. The Labute approximate surface area is 403 Å². The van der Waals surface area contributed by atoms with Gasteiger partial charge >= 0.3 is 0 Å². The average molecular weight is 935 g/mol. The van der Waals surface area contributed by atoms with Gasteiger partial charge in [0.05, 0.1) is 39.9 Å². The second-order valence-corrected chi connectivity index (χ2v) is 21.3. The van der Waals surface area contributed by atoms with Crippen molar-refractivity contribution >= 4 is 13.7 Å². The molecule has 0 saturated carbocycles. The molecule has 0 rings (SSSR count). The number of aliphatic hydroxyl groups is 1. The largest absolute Gasteiger partial charge is 0.756 e. The standard InChI is InChI=1S/C56H107N2O6P/c1-6-8-10-12-13-14-15-16-17-18-19-20-21-22-23-24-25-26-27-28-29-30-31-32-33-34-35-36-37-38-39-40-41-42-43-44-45-46-48-50-56(60)57-54(55(59)49-47-11-9-7-2)53-64-65(61,62)63-52-51-58(3,4)5/h8,10,13-14,16-17,19-20,54-55,59H,6-7,9,11-12,15,18,21-53H2,1-5H3,(H-,57,60,61,62)/b10-8-,14-13-,17-16-,20-19-. The minimum Gasteiger partial charge on any atom is -0.756 e. The van der Waals surface area contributed by atoms with E-state index in [0.29, 0.717) is 23.9 Å². The van der Waals surface area contributed by atoms with Gasteiger partial charge in [0, 0.05) is 6.42 Å². The first-order valence-electron chi connectivity index (χ1n) is 27.5. The van der Waals surface area contributed by atoms with E-state index < -0.39 is 20.0 Å². The SMILES string of the molecule is CC/C=C\C/C=C\C/C=C\C/C=C\CCCCCCCCCCCCCCCCCCCCCCCCCCCCC(=O)NC(COP(=O)([O-])OCC[N+](C)(C)C)C(O)CCCCCC. The zero-order valence-corrected chi connectivity index (χ0v) is 44.3. The molecule has 382 valence electrons. The Hall–Kier alpha value is -1.54. The van der Waals surface area contributed by atoms with Crippen molar-refractivity contribution in [2.45, 2.75) is 264 Å². The van der Waals surface area contributed by atoms with E-state index >= 15 is 0 Å². The molecule has 0 fully saturated rings. The lowest BCUT2D eigenvalue weighted by atomic mass is 10.0. The van der Waals surface area contributed by atoms with Gasteiger partial charge in [0.15, 0.2) is 0 Å². The molecular weight excluding hydrogens is 828 g/mol. The van der Waals surface area contributed by atoms with Gasteiger partial charge in [0.1, 0.15) is 13.2 Å². The first-order valence-corrected chi connectivity index (χ1v) is 28.9. The van der Waals surface area contributed by atoms with Crippen LogP contribution in [0.4, 0.5) is 0 Å². The highest BCUT2D eigenvalue weighted by Crippen LogP contribution is 2.38. The summed E-state index contributed by atoms with van der Waals surface area (Å²) in [7, 11) is 1.31. The van der Waals surface area contributed by atoms with Crippen LogP contribution in [-0.2, 0) is 18.4 Å². The van der Waals surface area contributed by atoms with Crippen LogP contribution in [0.15, 0.2) is 48.6 Å². The molecule has 9 heteroatoms. The van der Waals surface area contributed by atoms with E-state index in [1.165, 1.54) is 154 Å². The van der Waals surface area contributed by atoms with Crippen LogP contribution in [0.3, 0.4) is 0 Å². The number of likely N-dealkylation sites (N-methyl/N-ethyl adjacent to an activating group) is 1. The number of hydrogen-bond acceptors (Lipinski definition) is 6. The van der Waals surface area contributed by atoms with Crippen molar-refractivity contribution < 1.29 is 32.9 Å². The van der Waals surface area contributed by atoms with Crippen molar-refractivity contribution in [1.82, 2.24) is 5.32 Å². The van der Waals surface area contributed by atoms with Gasteiger partial charge in [-0.05, 0) is 51.4 Å². The number of aliphatic hydroxyl groups excluding tert-OH is 1. The third kappa shape index (κ3) is 50.2. The fraction of sp³-hybridized carbons (Fsp3) is 0.839. The van der Waals surface area contributed by atoms with Gasteiger partial charge in [0.25, 0.3) is 7.82 Å². The maximum atomic E-state index is 12.8. The molecule has 0 radical (unpaired) electrons. The second kappa shape index (κ2) is 47.5. The number of nitrogens with one attached hydrogen (secondary N) is 1. The highest BCUT2D eigenvalue weighted by Gasteiger charge is 2.24. The maximum absolute atomic E-state index is 12.8. The first kappa shape index (κ1) is 63.5. The number of unbranched alkanes of at least 4 members (excludes halogenated alkanes) is 29. The number of amides is 1. The molecule has 0 spiro atoms. The zero-order valence-electron chi connectivity index (χ0n) is 43.4. The number of allylic oxidation sites excluding steroid dienone is 8. The average Bonchev–Trinajstić information content (AvgIpc) is 3.26. The summed E-state index contributed by atoms with van der Waals surface area (Å²) in [5.41, 5.74) is 0. The summed E-state index contributed by atoms with van der Waals surface area (Å²) in [4.78, 5) is 25.1. The van der Waals surface area contributed by atoms with Crippen molar-refractivity contribution in [3.05, 3.63) is 48.6 Å². The Balaban J connectivity index is 3.64. The molecule has 0 aromatic carbocycles. The Kier molecular flexibility index (Phi) is 46.4. The summed E-state index contributed by atoms with van der Waals surface area (Å²) in [5.74, 6) is -0.171. The summed E-state index contributed by atoms with van der Waals surface area (Å²) in [6.45, 7) is 4.49. The van der Waals surface area contributed by atoms with Crippen LogP contribution in [-0.4, -0.2) is 68.5 Å². The summed E-state index contributed by atoms with van der Waals surface area (Å²) < 4.78 is 23.1. The van der Waals surface area contributed by atoms with Crippen molar-refractivity contribution in [3.63, 3.8) is 0 Å². The van der Waals surface area contributed by atoms with Crippen molar-refractivity contribution in [2.24, 2.45) is 0 Å². The number of phosphoric acid groups is 1. The molecule has 65 heavy (non-hydrogen) atoms. The molecule has 0 aromatic heterocycles. The van der Waals surface area contributed by atoms with Gasteiger partial charge in [-0.1, -0.05) is 242 Å². The molecule has 0 aliphatic heterocycles. The van der Waals surface area contributed by atoms with Crippen LogP contribution >= 0.6 is 7.82 Å². The highest BCUT2D eigenvalue weighted by molar-refractivity contribution is 7.45. The highest BCUT2D eigenvalue weighted by atomic mass is 31.2. The maximum Gasteiger partial charge on any atom is 0.268 e. The fourth-order valence-corrected chi connectivity index (χ4v) is 8.76. The molecule has 0 heterocycles. The van der Waals surface area contributed by atoms with E-state index in [2.05, 4.69) is 67.8 Å². The van der Waals surface area contributed by atoms with E-state index in [9.17, 15) is 19.4 Å². The van der Waals surface area contributed by atoms with Crippen molar-refractivity contribution in [2.75, 3.05) is 40.9 Å². The van der Waals surface area contributed by atoms with Gasteiger partial charge < -0.3 is 28.8 Å². The van der Waals surface area contributed by atoms with E-state index in [4.69, 9.17) is 9.05 Å². The molecule has 0 aromatic rings. The normalized spacial score (nSPS) is 14.4. The molecule has 0 bridgehead atoms. The third-order valence-corrected chi connectivity index (χ3v) is 13.3. The quantitative estimate of drug-likeness (QED) is 0.0272. The number of nitrogens with zero attached hydrogens (tertiary/aromatic N) is 1. The molecule has 8 nitrogen and oxygen atoms in total. The molecule has 1 amide bonds. The van der Waals surface area contributed by atoms with Gasteiger partial charge in [-0.2, -0.15) is 0 Å². The summed E-state index contributed by atoms with van der Waals surface area (Å²) >= 11 is 0. The number of carbonyl (C=O) groups excluding carboxylic acids is 1. The van der Waals surface area contributed by atoms with Crippen molar-refractivity contribution in [1.29, 1.82) is 0 Å². The molecule has 0 aliphatic rings. The van der Waals surface area contributed by atoms with E-state index in [1.54, 1.807) is 0 Å². The van der Waals surface area contributed by atoms with Gasteiger partial charge in [-0.25, -0.2) is 0 Å². The van der Waals surface area contributed by atoms with Crippen LogP contribution in [0.2, 0.25) is 0 Å². The van der Waals surface area contributed by atoms with Crippen LogP contribution in [0.5, 0.6) is 0 Å². The number of carbonyl (C=O) groups is 1. The molecule has 3 atom stereocenters. The van der Waals surface area contributed by atoms with Gasteiger partial charge in [-0.3, -0.25) is 9.36 Å². The van der Waals surface area contributed by atoms with Gasteiger partial charge in [-0.15, -0.1) is 0 Å². The summed E-state index contributed by atoms with van der Waals surface area (Å²) in [6, 6.07) is -0.794. The minimum absolute atomic E-state index is 0.0122. The smallest absolute Gasteiger partial charge is 0.268 e. The van der Waals surface area contributed by atoms with Crippen molar-refractivity contribution in [3.8, 4) is 0 Å². The molecule has 0 saturated heterocycles. The van der Waals surface area contributed by atoms with Crippen LogP contribution in [0.1, 0.15) is 251 Å². The monoisotopic (exact) mass is 935 g/mol. The summed E-state index contributed by atoms with van der Waals surface area (Å²) in [6.07, 6.45) is 62.5. The third-order valence-electron chi connectivity index (χ3n) is 12.3. The van der Waals surface area contributed by atoms with E-state index in [1.807, 2.05) is 21.1 Å². The Morgan fingerprint density at radius 3 is 1.35 bits per heavy atom. The molecule has 0 aliphatic carbocycles. The fourth-order valence-electron chi connectivity index (χ4n) is 8.03. The number of phosphoric ester groups is 1. The van der Waals surface area contributed by atoms with Crippen LogP contribution in [0.25, 0.3) is 0 Å². The predicted molar refractivity (Wildman–Crippen MR) is 279 cm³/mol. The van der Waals surface area contributed by atoms with E-state index in [-0.39, 0.29) is 19.1 Å². The Morgan fingerprint density at radius 2 is 0.938 bits per heavy atom. The lowest BCUT2D eigenvalue weighted by Gasteiger charge is -2.30. The molecule has 3 unspecified atom stereocenters. The molecule has 2 N–H and O–H groups in total.